The van der Waals surface area contributed by atoms with Crippen LogP contribution in [0, 0.1) is 0 Å². The van der Waals surface area contributed by atoms with E-state index in [0.717, 1.165) is 39.3 Å². The van der Waals surface area contributed by atoms with E-state index in [9.17, 15) is 9.59 Å². The lowest BCUT2D eigenvalue weighted by molar-refractivity contribution is -0.908. The topological polar surface area (TPSA) is 90.3 Å². The molecule has 0 aliphatic carbocycles. The number of morpholine rings is 1. The van der Waals surface area contributed by atoms with Crippen LogP contribution in [0.15, 0.2) is 48.5 Å². The van der Waals surface area contributed by atoms with Crippen LogP contribution < -0.4 is 25.0 Å². The van der Waals surface area contributed by atoms with Gasteiger partial charge in [-0.25, -0.2) is 0 Å². The van der Waals surface area contributed by atoms with Gasteiger partial charge >= 0.3 is 0 Å². The largest absolute Gasteiger partial charge is 0.485 e. The number of hydrogen-bond donors (Lipinski definition) is 3. The highest BCUT2D eigenvalue weighted by Gasteiger charge is 2.28. The summed E-state index contributed by atoms with van der Waals surface area (Å²) < 4.78 is 16.7. The van der Waals surface area contributed by atoms with Crippen molar-refractivity contribution in [2.24, 2.45) is 0 Å². The Kier molecular flexibility index (Phi) is 7.01. The van der Waals surface area contributed by atoms with E-state index in [1.807, 2.05) is 12.1 Å². The maximum Gasteiger partial charge on any atom is 0.269 e. The highest BCUT2D eigenvalue weighted by Crippen LogP contribution is 2.31. The average Bonchev–Trinajstić information content (AvgIpc) is 2.82. The van der Waals surface area contributed by atoms with E-state index in [1.54, 1.807) is 36.4 Å². The number of para-hydroxylation sites is 3. The van der Waals surface area contributed by atoms with Crippen LogP contribution >= 0.6 is 0 Å². The van der Waals surface area contributed by atoms with Gasteiger partial charge in [0.05, 0.1) is 31.0 Å². The molecule has 1 fully saturated rings. The van der Waals surface area contributed by atoms with Gasteiger partial charge in [-0.1, -0.05) is 24.3 Å². The summed E-state index contributed by atoms with van der Waals surface area (Å²) in [6.45, 7) is 5.33. The fourth-order valence-corrected chi connectivity index (χ4v) is 3.70. The van der Waals surface area contributed by atoms with Gasteiger partial charge in [-0.2, -0.15) is 0 Å². The molecule has 31 heavy (non-hydrogen) atoms. The van der Waals surface area contributed by atoms with Gasteiger partial charge < -0.3 is 29.7 Å². The standard InChI is InChI=1S/C23H27N3O5/c27-22(24-10-5-11-26-12-14-29-15-13-26)17-6-1-2-7-18(17)25-23(28)21-16-30-19-8-3-4-9-20(19)31-21/h1-4,6-9,21H,5,10-16H2,(H,24,27)(H,25,28)/p+1/t21-/m1/s1. The number of hydrogen-bond acceptors (Lipinski definition) is 5. The first kappa shape index (κ1) is 21.1. The molecule has 1 saturated heterocycles. The van der Waals surface area contributed by atoms with Crippen molar-refractivity contribution in [3.05, 3.63) is 54.1 Å². The summed E-state index contributed by atoms with van der Waals surface area (Å²) in [5, 5.41) is 5.77. The van der Waals surface area contributed by atoms with Gasteiger partial charge in [-0.15, -0.1) is 0 Å². The zero-order valence-corrected chi connectivity index (χ0v) is 17.4. The molecule has 1 atom stereocenters. The fraction of sp³-hybridized carbons (Fsp3) is 0.391. The number of nitrogens with one attached hydrogen (secondary N) is 3. The zero-order chi connectivity index (χ0) is 21.5. The monoisotopic (exact) mass is 426 g/mol. The van der Waals surface area contributed by atoms with Crippen LogP contribution in [0.2, 0.25) is 0 Å². The molecule has 164 valence electrons. The van der Waals surface area contributed by atoms with Gasteiger partial charge in [0.15, 0.2) is 11.5 Å². The van der Waals surface area contributed by atoms with Crippen molar-refractivity contribution in [2.75, 3.05) is 51.3 Å². The summed E-state index contributed by atoms with van der Waals surface area (Å²) >= 11 is 0. The molecule has 4 rings (SSSR count). The molecule has 0 spiro atoms. The normalized spacial score (nSPS) is 18.3. The number of ether oxygens (including phenoxy) is 3. The molecule has 0 bridgehead atoms. The van der Waals surface area contributed by atoms with Crippen molar-refractivity contribution in [3.8, 4) is 11.5 Å². The molecule has 8 nitrogen and oxygen atoms in total. The SMILES string of the molecule is O=C(NCCC[NH+]1CCOCC1)c1ccccc1NC(=O)[C@H]1COc2ccccc2O1. The molecule has 0 radical (unpaired) electrons. The highest BCUT2D eigenvalue weighted by atomic mass is 16.6. The van der Waals surface area contributed by atoms with Crippen LogP contribution in [0.4, 0.5) is 5.69 Å². The number of fused-ring (bicyclic) bond motifs is 1. The number of carbonyl (C=O) groups is 2. The van der Waals surface area contributed by atoms with Gasteiger partial charge in [-0.3, -0.25) is 9.59 Å². The number of amides is 2. The summed E-state index contributed by atoms with van der Waals surface area (Å²) in [4.78, 5) is 26.9. The van der Waals surface area contributed by atoms with Crippen LogP contribution in [-0.4, -0.2) is 63.9 Å². The number of benzene rings is 2. The first-order chi connectivity index (χ1) is 15.2. The van der Waals surface area contributed by atoms with Crippen LogP contribution in [0.5, 0.6) is 11.5 Å². The first-order valence-electron chi connectivity index (χ1n) is 10.7. The third kappa shape index (κ3) is 5.53. The van der Waals surface area contributed by atoms with E-state index < -0.39 is 6.10 Å². The number of quaternary nitrogens is 1. The van der Waals surface area contributed by atoms with Gasteiger partial charge in [0.25, 0.3) is 11.8 Å². The van der Waals surface area contributed by atoms with E-state index in [0.29, 0.717) is 29.3 Å². The predicted molar refractivity (Wildman–Crippen MR) is 115 cm³/mol. The lowest BCUT2D eigenvalue weighted by atomic mass is 10.1. The average molecular weight is 426 g/mol. The fourth-order valence-electron chi connectivity index (χ4n) is 3.70. The van der Waals surface area contributed by atoms with E-state index >= 15 is 0 Å². The number of anilines is 1. The molecule has 0 saturated carbocycles. The van der Waals surface area contributed by atoms with Gasteiger partial charge in [0.2, 0.25) is 6.10 Å². The highest BCUT2D eigenvalue weighted by molar-refractivity contribution is 6.04. The minimum absolute atomic E-state index is 0.112. The predicted octanol–water partition coefficient (Wildman–Crippen LogP) is 0.500. The Bertz CT molecular complexity index is 914. The zero-order valence-electron chi connectivity index (χ0n) is 17.4. The van der Waals surface area contributed by atoms with Crippen LogP contribution in [-0.2, 0) is 9.53 Å². The van der Waals surface area contributed by atoms with Crippen molar-refractivity contribution >= 4 is 17.5 Å². The van der Waals surface area contributed by atoms with Crippen molar-refractivity contribution in [1.82, 2.24) is 5.32 Å². The molecule has 2 amide bonds. The minimum Gasteiger partial charge on any atom is -0.485 e. The molecule has 2 aliphatic rings. The second-order valence-electron chi connectivity index (χ2n) is 7.62. The Morgan fingerprint density at radius 1 is 1.00 bits per heavy atom. The quantitative estimate of drug-likeness (QED) is 0.561. The first-order valence-corrected chi connectivity index (χ1v) is 10.7. The molecular formula is C23H28N3O5+. The van der Waals surface area contributed by atoms with Crippen molar-refractivity contribution in [1.29, 1.82) is 0 Å². The lowest BCUT2D eigenvalue weighted by Crippen LogP contribution is -3.14. The van der Waals surface area contributed by atoms with E-state index in [1.165, 1.54) is 4.90 Å². The maximum atomic E-state index is 12.7. The summed E-state index contributed by atoms with van der Waals surface area (Å²) in [7, 11) is 0. The van der Waals surface area contributed by atoms with Crippen molar-refractivity contribution < 1.29 is 28.7 Å². The summed E-state index contributed by atoms with van der Waals surface area (Å²) in [6, 6.07) is 14.2. The van der Waals surface area contributed by atoms with Gasteiger partial charge in [-0.05, 0) is 24.3 Å². The lowest BCUT2D eigenvalue weighted by Gasteiger charge is -2.25. The molecule has 0 unspecified atom stereocenters. The molecule has 8 heteroatoms. The molecule has 3 N–H and O–H groups in total. The van der Waals surface area contributed by atoms with Gasteiger partial charge in [0, 0.05) is 13.0 Å². The molecule has 0 aromatic heterocycles. The van der Waals surface area contributed by atoms with Gasteiger partial charge in [0.1, 0.15) is 19.7 Å². The smallest absolute Gasteiger partial charge is 0.269 e. The van der Waals surface area contributed by atoms with Crippen LogP contribution in [0.25, 0.3) is 0 Å². The second-order valence-corrected chi connectivity index (χ2v) is 7.62. The van der Waals surface area contributed by atoms with E-state index in [-0.39, 0.29) is 18.4 Å². The van der Waals surface area contributed by atoms with Crippen molar-refractivity contribution in [3.63, 3.8) is 0 Å². The molecule has 2 aromatic carbocycles. The third-order valence-corrected chi connectivity index (χ3v) is 5.42. The van der Waals surface area contributed by atoms with Crippen molar-refractivity contribution in [2.45, 2.75) is 12.5 Å². The third-order valence-electron chi connectivity index (χ3n) is 5.42. The molecule has 2 aliphatic heterocycles. The van der Waals surface area contributed by atoms with Crippen LogP contribution in [0.3, 0.4) is 0 Å². The Morgan fingerprint density at radius 3 is 2.58 bits per heavy atom. The van der Waals surface area contributed by atoms with E-state index in [4.69, 9.17) is 14.2 Å². The maximum absolute atomic E-state index is 12.7. The minimum atomic E-state index is -0.789. The Hall–Kier alpha value is -3.10. The summed E-state index contributed by atoms with van der Waals surface area (Å²) in [5.41, 5.74) is 0.873. The molecular weight excluding hydrogens is 398 g/mol. The summed E-state index contributed by atoms with van der Waals surface area (Å²) in [5.74, 6) is 0.581. The molecule has 2 heterocycles. The molecule has 2 aromatic rings. The Balaban J connectivity index is 1.30. The Morgan fingerprint density at radius 2 is 1.74 bits per heavy atom. The Labute approximate surface area is 181 Å². The summed E-state index contributed by atoms with van der Waals surface area (Å²) in [6.07, 6.45) is 0.102. The van der Waals surface area contributed by atoms with E-state index in [2.05, 4.69) is 10.6 Å². The number of rotatable bonds is 7. The van der Waals surface area contributed by atoms with Crippen LogP contribution in [0.1, 0.15) is 16.8 Å². The number of carbonyl (C=O) groups excluding carboxylic acids is 2. The second kappa shape index (κ2) is 10.3.